The van der Waals surface area contributed by atoms with Gasteiger partial charge in [0.1, 0.15) is 6.04 Å². The van der Waals surface area contributed by atoms with E-state index in [0.29, 0.717) is 37.8 Å². The maximum absolute atomic E-state index is 12.3. The van der Waals surface area contributed by atoms with Crippen LogP contribution in [-0.2, 0) is 16.0 Å². The maximum atomic E-state index is 12.3. The zero-order valence-electron chi connectivity index (χ0n) is 13.2. The summed E-state index contributed by atoms with van der Waals surface area (Å²) in [6.07, 6.45) is 2.13. The molecular formula is C16H22N4O3. The minimum atomic E-state index is -0.749. The third-order valence-corrected chi connectivity index (χ3v) is 4.04. The van der Waals surface area contributed by atoms with Gasteiger partial charge in [0.2, 0.25) is 11.8 Å². The highest BCUT2D eigenvalue weighted by molar-refractivity contribution is 6.01. The van der Waals surface area contributed by atoms with Crippen molar-refractivity contribution >= 4 is 23.4 Å². The van der Waals surface area contributed by atoms with E-state index in [1.165, 1.54) is 0 Å². The average molecular weight is 318 g/mol. The number of aryl methyl sites for hydroxylation is 1. The molecule has 0 fully saturated rings. The summed E-state index contributed by atoms with van der Waals surface area (Å²) >= 11 is 0. The predicted molar refractivity (Wildman–Crippen MR) is 86.9 cm³/mol. The molecule has 2 rings (SSSR count). The second-order valence-corrected chi connectivity index (χ2v) is 5.66. The molecule has 0 unspecified atom stereocenters. The van der Waals surface area contributed by atoms with Gasteiger partial charge in [0.15, 0.2) is 0 Å². The lowest BCUT2D eigenvalue weighted by atomic mass is 9.99. The van der Waals surface area contributed by atoms with Crippen molar-refractivity contribution in [1.82, 2.24) is 5.32 Å². The molecule has 0 saturated heterocycles. The molecule has 1 heterocycles. The molecule has 5 N–H and O–H groups in total. The topological polar surface area (TPSA) is 119 Å². The van der Waals surface area contributed by atoms with Gasteiger partial charge in [-0.05, 0) is 43.5 Å². The lowest BCUT2D eigenvalue weighted by molar-refractivity contribution is -0.120. The SMILES string of the molecule is CN1C(=O)CCc2ccc(C(=O)N[C@@H](CCCN)C(N)=O)cc21. The number of nitrogens with one attached hydrogen (secondary N) is 1. The van der Waals surface area contributed by atoms with Crippen molar-refractivity contribution in [2.45, 2.75) is 31.7 Å². The second kappa shape index (κ2) is 7.23. The van der Waals surface area contributed by atoms with Gasteiger partial charge >= 0.3 is 0 Å². The molecule has 124 valence electrons. The number of rotatable bonds is 6. The van der Waals surface area contributed by atoms with Crippen LogP contribution >= 0.6 is 0 Å². The number of anilines is 1. The molecule has 0 radical (unpaired) electrons. The molecule has 1 aromatic rings. The van der Waals surface area contributed by atoms with E-state index in [9.17, 15) is 14.4 Å². The van der Waals surface area contributed by atoms with Crippen molar-refractivity contribution in [3.63, 3.8) is 0 Å². The number of hydrogen-bond acceptors (Lipinski definition) is 4. The normalized spacial score (nSPS) is 15.0. The lowest BCUT2D eigenvalue weighted by Crippen LogP contribution is -2.44. The van der Waals surface area contributed by atoms with E-state index in [4.69, 9.17) is 11.5 Å². The van der Waals surface area contributed by atoms with E-state index in [-0.39, 0.29) is 11.8 Å². The smallest absolute Gasteiger partial charge is 0.252 e. The van der Waals surface area contributed by atoms with Gasteiger partial charge in [-0.2, -0.15) is 0 Å². The fourth-order valence-electron chi connectivity index (χ4n) is 2.62. The van der Waals surface area contributed by atoms with E-state index >= 15 is 0 Å². The summed E-state index contributed by atoms with van der Waals surface area (Å²) in [6.45, 7) is 0.422. The molecule has 1 aromatic carbocycles. The highest BCUT2D eigenvalue weighted by atomic mass is 16.2. The maximum Gasteiger partial charge on any atom is 0.252 e. The minimum Gasteiger partial charge on any atom is -0.368 e. The van der Waals surface area contributed by atoms with E-state index < -0.39 is 11.9 Å². The summed E-state index contributed by atoms with van der Waals surface area (Å²) in [5.74, 6) is -0.954. The van der Waals surface area contributed by atoms with Gasteiger partial charge in [0.05, 0.1) is 0 Å². The van der Waals surface area contributed by atoms with E-state index in [0.717, 1.165) is 11.3 Å². The number of primary amides is 1. The predicted octanol–water partition coefficient (Wildman–Crippen LogP) is -0.0818. The first-order valence-electron chi connectivity index (χ1n) is 7.63. The first kappa shape index (κ1) is 17.0. The first-order valence-corrected chi connectivity index (χ1v) is 7.63. The average Bonchev–Trinajstić information content (AvgIpc) is 2.54. The van der Waals surface area contributed by atoms with Gasteiger partial charge in [-0.15, -0.1) is 0 Å². The van der Waals surface area contributed by atoms with Crippen LogP contribution < -0.4 is 21.7 Å². The van der Waals surface area contributed by atoms with Crippen molar-refractivity contribution in [3.05, 3.63) is 29.3 Å². The number of nitrogens with zero attached hydrogens (tertiary/aromatic N) is 1. The minimum absolute atomic E-state index is 0.0213. The first-order chi connectivity index (χ1) is 10.9. The number of hydrogen-bond donors (Lipinski definition) is 3. The molecule has 1 aliphatic heterocycles. The number of amides is 3. The molecule has 3 amide bonds. The molecule has 7 heteroatoms. The Kier molecular flexibility index (Phi) is 5.33. The molecule has 7 nitrogen and oxygen atoms in total. The summed E-state index contributed by atoms with van der Waals surface area (Å²) in [5, 5.41) is 2.63. The monoisotopic (exact) mass is 318 g/mol. The summed E-state index contributed by atoms with van der Waals surface area (Å²) < 4.78 is 0. The molecule has 0 saturated carbocycles. The fourth-order valence-corrected chi connectivity index (χ4v) is 2.62. The molecule has 0 aromatic heterocycles. The Morgan fingerprint density at radius 3 is 2.74 bits per heavy atom. The van der Waals surface area contributed by atoms with Crippen LogP contribution in [0.3, 0.4) is 0 Å². The van der Waals surface area contributed by atoms with Crippen LogP contribution in [0.15, 0.2) is 18.2 Å². The van der Waals surface area contributed by atoms with Gasteiger partial charge in [-0.1, -0.05) is 6.07 Å². The Morgan fingerprint density at radius 1 is 1.35 bits per heavy atom. The van der Waals surface area contributed by atoms with Crippen LogP contribution in [0.2, 0.25) is 0 Å². The fraction of sp³-hybridized carbons (Fsp3) is 0.438. The highest BCUT2D eigenvalue weighted by Crippen LogP contribution is 2.27. The molecule has 0 aliphatic carbocycles. The number of carbonyl (C=O) groups excluding carboxylic acids is 3. The molecule has 0 bridgehead atoms. The van der Waals surface area contributed by atoms with Crippen molar-refractivity contribution in [2.24, 2.45) is 11.5 Å². The molecule has 1 aliphatic rings. The Hall–Kier alpha value is -2.41. The second-order valence-electron chi connectivity index (χ2n) is 5.66. The number of benzene rings is 1. The largest absolute Gasteiger partial charge is 0.368 e. The van der Waals surface area contributed by atoms with E-state index in [1.54, 1.807) is 24.1 Å². The van der Waals surface area contributed by atoms with Gasteiger partial charge in [-0.3, -0.25) is 14.4 Å². The number of nitrogens with two attached hydrogens (primary N) is 2. The molecular weight excluding hydrogens is 296 g/mol. The zero-order chi connectivity index (χ0) is 17.0. The van der Waals surface area contributed by atoms with Crippen molar-refractivity contribution in [2.75, 3.05) is 18.5 Å². The number of carbonyl (C=O) groups is 3. The van der Waals surface area contributed by atoms with Crippen molar-refractivity contribution in [1.29, 1.82) is 0 Å². The summed E-state index contributed by atoms with van der Waals surface area (Å²) in [4.78, 5) is 37.1. The van der Waals surface area contributed by atoms with Gasteiger partial charge in [-0.25, -0.2) is 0 Å². The zero-order valence-corrected chi connectivity index (χ0v) is 13.2. The Labute approximate surface area is 135 Å². The van der Waals surface area contributed by atoms with Crippen LogP contribution in [0.25, 0.3) is 0 Å². The van der Waals surface area contributed by atoms with Gasteiger partial charge in [0, 0.05) is 24.7 Å². The number of fused-ring (bicyclic) bond motifs is 1. The quantitative estimate of drug-likeness (QED) is 0.679. The third kappa shape index (κ3) is 3.87. The summed E-state index contributed by atoms with van der Waals surface area (Å²) in [7, 11) is 1.69. The van der Waals surface area contributed by atoms with Gasteiger partial charge < -0.3 is 21.7 Å². The lowest BCUT2D eigenvalue weighted by Gasteiger charge is -2.26. The van der Waals surface area contributed by atoms with Crippen molar-refractivity contribution < 1.29 is 14.4 Å². The standard InChI is InChI=1S/C16H22N4O3/c1-20-13-9-11(5-4-10(13)6-7-14(20)21)16(23)19-12(15(18)22)3-2-8-17/h4-5,9,12H,2-3,6-8,17H2,1H3,(H2,18,22)(H,19,23)/t12-/m0/s1. The molecule has 1 atom stereocenters. The Morgan fingerprint density at radius 2 is 2.09 bits per heavy atom. The van der Waals surface area contributed by atoms with Crippen LogP contribution in [-0.4, -0.2) is 37.4 Å². The van der Waals surface area contributed by atoms with Gasteiger partial charge in [0.25, 0.3) is 5.91 Å². The third-order valence-electron chi connectivity index (χ3n) is 4.04. The van der Waals surface area contributed by atoms with Crippen LogP contribution in [0.4, 0.5) is 5.69 Å². The Balaban J connectivity index is 2.16. The van der Waals surface area contributed by atoms with Crippen LogP contribution in [0.5, 0.6) is 0 Å². The van der Waals surface area contributed by atoms with E-state index in [2.05, 4.69) is 5.32 Å². The Bertz CT molecular complexity index is 630. The molecule has 23 heavy (non-hydrogen) atoms. The van der Waals surface area contributed by atoms with Crippen LogP contribution in [0, 0.1) is 0 Å². The summed E-state index contributed by atoms with van der Waals surface area (Å²) in [6, 6.07) is 4.45. The molecule has 0 spiro atoms. The summed E-state index contributed by atoms with van der Waals surface area (Å²) in [5.41, 5.74) is 12.9. The van der Waals surface area contributed by atoms with Crippen molar-refractivity contribution in [3.8, 4) is 0 Å². The van der Waals surface area contributed by atoms with Crippen LogP contribution in [0.1, 0.15) is 35.2 Å². The highest BCUT2D eigenvalue weighted by Gasteiger charge is 2.23. The van der Waals surface area contributed by atoms with E-state index in [1.807, 2.05) is 6.07 Å².